The molecule has 0 amide bonds. The summed E-state index contributed by atoms with van der Waals surface area (Å²) in [6.45, 7) is 1.62. The van der Waals surface area contributed by atoms with Crippen LogP contribution in [-0.4, -0.2) is 6.29 Å². The predicted octanol–water partition coefficient (Wildman–Crippen LogP) is 5.47. The minimum Gasteiger partial charge on any atom is -0.363 e. The second kappa shape index (κ2) is 7.93. The molecule has 0 heterocycles. The van der Waals surface area contributed by atoms with E-state index in [-0.39, 0.29) is 0 Å². The minimum atomic E-state index is 0.665. The average molecular weight is 380 g/mol. The molecule has 3 aromatic rings. The maximum atomic E-state index is 11.0. The average Bonchev–Trinajstić information content (AvgIpc) is 2.63. The van der Waals surface area contributed by atoms with Gasteiger partial charge in [-0.25, -0.2) is 0 Å². The van der Waals surface area contributed by atoms with E-state index in [0.717, 1.165) is 29.5 Å². The van der Waals surface area contributed by atoms with Crippen molar-refractivity contribution in [2.75, 3.05) is 4.90 Å². The van der Waals surface area contributed by atoms with Crippen LogP contribution in [-0.2, 0) is 13.1 Å². The quantitative estimate of drug-likeness (QED) is 0.529. The Bertz CT molecular complexity index is 761. The molecular weight excluding hydrogens is 362 g/mol. The molecule has 24 heavy (non-hydrogen) atoms. The number of anilines is 1. The predicted molar refractivity (Wildman–Crippen MR) is 102 cm³/mol. The number of carbonyl (C=O) groups excluding carboxylic acids is 1. The highest BCUT2D eigenvalue weighted by Gasteiger charge is 2.10. The first-order valence-corrected chi connectivity index (χ1v) is 8.63. The van der Waals surface area contributed by atoms with Crippen molar-refractivity contribution in [1.82, 2.24) is 0 Å². The van der Waals surface area contributed by atoms with Crippen LogP contribution in [0.3, 0.4) is 0 Å². The lowest BCUT2D eigenvalue weighted by molar-refractivity contribution is 0.112. The Morgan fingerprint density at radius 1 is 0.792 bits per heavy atom. The SMILES string of the molecule is O=Cc1ccc(N(Cc2ccccc2)Cc2ccccc2)cc1Br. The Morgan fingerprint density at radius 2 is 1.33 bits per heavy atom. The third-order valence-corrected chi connectivity index (χ3v) is 4.60. The summed E-state index contributed by atoms with van der Waals surface area (Å²) in [5.41, 5.74) is 4.26. The van der Waals surface area contributed by atoms with Gasteiger partial charge < -0.3 is 4.90 Å². The van der Waals surface area contributed by atoms with E-state index in [1.165, 1.54) is 11.1 Å². The summed E-state index contributed by atoms with van der Waals surface area (Å²) < 4.78 is 0.820. The van der Waals surface area contributed by atoms with Gasteiger partial charge in [0.1, 0.15) is 0 Å². The first kappa shape index (κ1) is 16.5. The molecule has 0 N–H and O–H groups in total. The molecule has 0 aliphatic rings. The monoisotopic (exact) mass is 379 g/mol. The zero-order chi connectivity index (χ0) is 16.8. The van der Waals surface area contributed by atoms with Crippen molar-refractivity contribution in [2.45, 2.75) is 13.1 Å². The number of rotatable bonds is 6. The van der Waals surface area contributed by atoms with E-state index >= 15 is 0 Å². The van der Waals surface area contributed by atoms with E-state index in [4.69, 9.17) is 0 Å². The van der Waals surface area contributed by atoms with E-state index in [2.05, 4.69) is 69.4 Å². The summed E-state index contributed by atoms with van der Waals surface area (Å²) in [5.74, 6) is 0. The molecule has 0 fully saturated rings. The molecule has 0 aliphatic heterocycles. The lowest BCUT2D eigenvalue weighted by Crippen LogP contribution is -2.22. The number of hydrogen-bond acceptors (Lipinski definition) is 2. The lowest BCUT2D eigenvalue weighted by Gasteiger charge is -2.26. The minimum absolute atomic E-state index is 0.665. The molecule has 0 bridgehead atoms. The van der Waals surface area contributed by atoms with Crippen LogP contribution in [0.1, 0.15) is 21.5 Å². The van der Waals surface area contributed by atoms with Gasteiger partial charge in [-0.3, -0.25) is 4.79 Å². The van der Waals surface area contributed by atoms with Crippen molar-refractivity contribution in [2.24, 2.45) is 0 Å². The van der Waals surface area contributed by atoms with E-state index in [1.807, 2.05) is 30.3 Å². The van der Waals surface area contributed by atoms with E-state index < -0.39 is 0 Å². The molecule has 0 unspecified atom stereocenters. The highest BCUT2D eigenvalue weighted by molar-refractivity contribution is 9.10. The van der Waals surface area contributed by atoms with E-state index in [9.17, 15) is 4.79 Å². The third-order valence-electron chi connectivity index (χ3n) is 3.91. The largest absolute Gasteiger partial charge is 0.363 e. The first-order valence-electron chi connectivity index (χ1n) is 7.84. The molecule has 0 saturated carbocycles. The summed E-state index contributed by atoms with van der Waals surface area (Å²) in [6, 6.07) is 26.7. The van der Waals surface area contributed by atoms with Crippen LogP contribution >= 0.6 is 15.9 Å². The Kier molecular flexibility index (Phi) is 5.44. The van der Waals surface area contributed by atoms with Gasteiger partial charge >= 0.3 is 0 Å². The topological polar surface area (TPSA) is 20.3 Å². The van der Waals surface area contributed by atoms with Crippen molar-refractivity contribution < 1.29 is 4.79 Å². The molecule has 0 radical (unpaired) electrons. The third kappa shape index (κ3) is 4.12. The molecule has 2 nitrogen and oxygen atoms in total. The van der Waals surface area contributed by atoms with Crippen LogP contribution in [0.25, 0.3) is 0 Å². The summed E-state index contributed by atoms with van der Waals surface area (Å²) in [6.07, 6.45) is 0.868. The Balaban J connectivity index is 1.91. The van der Waals surface area contributed by atoms with Gasteiger partial charge in [0.05, 0.1) is 0 Å². The van der Waals surface area contributed by atoms with E-state index in [1.54, 1.807) is 0 Å². The summed E-state index contributed by atoms with van der Waals surface area (Å²) in [7, 11) is 0. The second-order valence-electron chi connectivity index (χ2n) is 5.65. The fourth-order valence-corrected chi connectivity index (χ4v) is 3.11. The molecular formula is C21H18BrNO. The number of carbonyl (C=O) groups is 1. The van der Waals surface area contributed by atoms with Crippen LogP contribution in [0.15, 0.2) is 83.3 Å². The van der Waals surface area contributed by atoms with Crippen molar-refractivity contribution in [3.8, 4) is 0 Å². The fourth-order valence-electron chi connectivity index (χ4n) is 2.65. The van der Waals surface area contributed by atoms with Crippen molar-refractivity contribution >= 4 is 27.9 Å². The van der Waals surface area contributed by atoms with E-state index in [0.29, 0.717) is 5.56 Å². The van der Waals surface area contributed by atoms with Gasteiger partial charge in [-0.15, -0.1) is 0 Å². The summed E-state index contributed by atoms with van der Waals surface area (Å²) in [5, 5.41) is 0. The number of benzene rings is 3. The van der Waals surface area contributed by atoms with Crippen molar-refractivity contribution in [3.63, 3.8) is 0 Å². The molecule has 3 aromatic carbocycles. The van der Waals surface area contributed by atoms with Gasteiger partial charge in [-0.1, -0.05) is 60.7 Å². The Labute approximate surface area is 150 Å². The normalized spacial score (nSPS) is 10.4. The first-order chi connectivity index (χ1) is 11.8. The van der Waals surface area contributed by atoms with Gasteiger partial charge in [0, 0.05) is 28.8 Å². The molecule has 0 saturated heterocycles. The van der Waals surface area contributed by atoms with Crippen LogP contribution < -0.4 is 4.90 Å². The van der Waals surface area contributed by atoms with Gasteiger partial charge in [-0.2, -0.15) is 0 Å². The fraction of sp³-hybridized carbons (Fsp3) is 0.0952. The number of hydrogen-bond donors (Lipinski definition) is 0. The van der Waals surface area contributed by atoms with Crippen LogP contribution in [0.5, 0.6) is 0 Å². The highest BCUT2D eigenvalue weighted by atomic mass is 79.9. The maximum absolute atomic E-state index is 11.0. The van der Waals surface area contributed by atoms with Crippen LogP contribution in [0.2, 0.25) is 0 Å². The van der Waals surface area contributed by atoms with Gasteiger partial charge in [0.25, 0.3) is 0 Å². The molecule has 120 valence electrons. The van der Waals surface area contributed by atoms with Crippen molar-refractivity contribution in [3.05, 3.63) is 100 Å². The molecule has 0 aliphatic carbocycles. The Morgan fingerprint density at radius 3 is 1.79 bits per heavy atom. The van der Waals surface area contributed by atoms with Crippen molar-refractivity contribution in [1.29, 1.82) is 0 Å². The maximum Gasteiger partial charge on any atom is 0.151 e. The molecule has 3 rings (SSSR count). The standard InChI is InChI=1S/C21H18BrNO/c22-21-13-20(12-11-19(21)16-24)23(14-17-7-3-1-4-8-17)15-18-9-5-2-6-10-18/h1-13,16H,14-15H2. The molecule has 3 heteroatoms. The zero-order valence-electron chi connectivity index (χ0n) is 13.2. The number of halogens is 1. The lowest BCUT2D eigenvalue weighted by atomic mass is 10.1. The zero-order valence-corrected chi connectivity index (χ0v) is 14.8. The van der Waals surface area contributed by atoms with Gasteiger partial charge in [-0.05, 0) is 45.3 Å². The summed E-state index contributed by atoms with van der Waals surface area (Å²) in [4.78, 5) is 13.4. The number of nitrogens with zero attached hydrogens (tertiary/aromatic N) is 1. The second-order valence-corrected chi connectivity index (χ2v) is 6.51. The smallest absolute Gasteiger partial charge is 0.151 e. The van der Waals surface area contributed by atoms with Crippen LogP contribution in [0.4, 0.5) is 5.69 Å². The van der Waals surface area contributed by atoms with Crippen LogP contribution in [0, 0.1) is 0 Å². The van der Waals surface area contributed by atoms with Gasteiger partial charge in [0.2, 0.25) is 0 Å². The van der Waals surface area contributed by atoms with Gasteiger partial charge in [0.15, 0.2) is 6.29 Å². The molecule has 0 aromatic heterocycles. The number of aldehydes is 1. The Hall–Kier alpha value is -2.39. The molecule has 0 atom stereocenters. The highest BCUT2D eigenvalue weighted by Crippen LogP contribution is 2.26. The summed E-state index contributed by atoms with van der Waals surface area (Å²) >= 11 is 3.49. The molecule has 0 spiro atoms.